The molecular weight excluding hydrogens is 268 g/mol. The average Bonchev–Trinajstić information content (AvgIpc) is 2.38. The van der Waals surface area contributed by atoms with Crippen LogP contribution in [0.5, 0.6) is 0 Å². The third kappa shape index (κ3) is 3.81. The normalized spacial score (nSPS) is 11.9. The number of carboxylic acid groups (broad SMARTS) is 1. The number of benzene rings is 1. The highest BCUT2D eigenvalue weighted by atomic mass is 16.5. The first-order valence-electron chi connectivity index (χ1n) is 6.58. The minimum Gasteiger partial charge on any atom is -0.478 e. The summed E-state index contributed by atoms with van der Waals surface area (Å²) >= 11 is 0. The molecule has 0 aliphatic heterocycles. The van der Waals surface area contributed by atoms with Gasteiger partial charge in [0.05, 0.1) is 17.4 Å². The molecule has 0 saturated heterocycles. The van der Waals surface area contributed by atoms with Crippen molar-refractivity contribution in [2.75, 3.05) is 0 Å². The Morgan fingerprint density at radius 2 is 1.86 bits per heavy atom. The van der Waals surface area contributed by atoms with Gasteiger partial charge in [-0.2, -0.15) is 0 Å². The summed E-state index contributed by atoms with van der Waals surface area (Å²) in [5.74, 6) is -1.71. The lowest BCUT2D eigenvalue weighted by atomic mass is 9.84. The molecule has 1 aromatic rings. The number of aliphatic carboxylic acids is 1. The minimum atomic E-state index is -1.09. The fourth-order valence-corrected chi connectivity index (χ4v) is 1.94. The number of esters is 1. The van der Waals surface area contributed by atoms with Gasteiger partial charge in [0.1, 0.15) is 0 Å². The first-order chi connectivity index (χ1) is 9.72. The number of carbonyl (C=O) groups excluding carboxylic acids is 1. The van der Waals surface area contributed by atoms with Crippen molar-refractivity contribution in [2.24, 2.45) is 0 Å². The molecule has 0 saturated carbocycles. The molecule has 0 spiro atoms. The SMILES string of the molecule is C=COC(=O)c1ccc(C(C)(C)C)cc1/C(=C/C)C(=O)O. The van der Waals surface area contributed by atoms with E-state index in [1.54, 1.807) is 25.1 Å². The van der Waals surface area contributed by atoms with Crippen LogP contribution in [0.25, 0.3) is 5.57 Å². The molecule has 4 heteroatoms. The third-order valence-electron chi connectivity index (χ3n) is 3.11. The summed E-state index contributed by atoms with van der Waals surface area (Å²) in [6.07, 6.45) is 2.49. The molecule has 1 rings (SSSR count). The van der Waals surface area contributed by atoms with E-state index in [-0.39, 0.29) is 16.6 Å². The lowest BCUT2D eigenvalue weighted by Crippen LogP contribution is -2.15. The zero-order chi connectivity index (χ0) is 16.2. The van der Waals surface area contributed by atoms with Crippen LogP contribution in [0.3, 0.4) is 0 Å². The monoisotopic (exact) mass is 288 g/mol. The highest BCUT2D eigenvalue weighted by Crippen LogP contribution is 2.29. The molecule has 0 aliphatic carbocycles. The molecule has 1 aromatic carbocycles. The van der Waals surface area contributed by atoms with Crippen LogP contribution in [0.1, 0.15) is 49.2 Å². The number of allylic oxidation sites excluding steroid dienone is 1. The van der Waals surface area contributed by atoms with Gasteiger partial charge in [-0.15, -0.1) is 0 Å². The second-order valence-corrected chi connectivity index (χ2v) is 5.59. The minimum absolute atomic E-state index is 0.0668. The van der Waals surface area contributed by atoms with Crippen LogP contribution in [0, 0.1) is 0 Å². The number of ether oxygens (including phenoxy) is 1. The Balaban J connectivity index is 3.56. The Kier molecular flexibility index (Phi) is 5.08. The van der Waals surface area contributed by atoms with E-state index in [4.69, 9.17) is 4.74 Å². The van der Waals surface area contributed by atoms with Crippen LogP contribution in [0.2, 0.25) is 0 Å². The Labute approximate surface area is 124 Å². The quantitative estimate of drug-likeness (QED) is 0.520. The maximum absolute atomic E-state index is 12.0. The smallest absolute Gasteiger partial charge is 0.343 e. The molecule has 0 aliphatic rings. The molecule has 0 heterocycles. The Bertz CT molecular complexity index is 604. The molecule has 112 valence electrons. The second-order valence-electron chi connectivity index (χ2n) is 5.59. The van der Waals surface area contributed by atoms with Crippen LogP contribution >= 0.6 is 0 Å². The second kappa shape index (κ2) is 6.39. The van der Waals surface area contributed by atoms with E-state index in [2.05, 4.69) is 6.58 Å². The number of hydrogen-bond acceptors (Lipinski definition) is 3. The first kappa shape index (κ1) is 16.7. The molecule has 4 nitrogen and oxygen atoms in total. The van der Waals surface area contributed by atoms with Gasteiger partial charge >= 0.3 is 11.9 Å². The van der Waals surface area contributed by atoms with Crippen LogP contribution in [0.4, 0.5) is 0 Å². The summed E-state index contributed by atoms with van der Waals surface area (Å²) in [5.41, 5.74) is 1.40. The predicted octanol–water partition coefficient (Wildman–Crippen LogP) is 3.77. The molecule has 0 radical (unpaired) electrons. The standard InChI is InChI=1S/C17H20O4/c1-6-12(15(18)19)14-10-11(17(3,4)5)8-9-13(14)16(20)21-7-2/h6-10H,2H2,1,3-5H3,(H,18,19)/b12-6-. The maximum Gasteiger partial charge on any atom is 0.343 e. The van der Waals surface area contributed by atoms with E-state index in [0.29, 0.717) is 5.56 Å². The van der Waals surface area contributed by atoms with Crippen molar-refractivity contribution < 1.29 is 19.4 Å². The predicted molar refractivity (Wildman–Crippen MR) is 82.0 cm³/mol. The van der Waals surface area contributed by atoms with E-state index in [0.717, 1.165) is 11.8 Å². The van der Waals surface area contributed by atoms with E-state index in [1.165, 1.54) is 6.08 Å². The number of carboxylic acids is 1. The van der Waals surface area contributed by atoms with Crippen LogP contribution < -0.4 is 0 Å². The van der Waals surface area contributed by atoms with Gasteiger partial charge in [-0.3, -0.25) is 0 Å². The lowest BCUT2D eigenvalue weighted by Gasteiger charge is -2.21. The van der Waals surface area contributed by atoms with Gasteiger partial charge in [0.15, 0.2) is 0 Å². The fourth-order valence-electron chi connectivity index (χ4n) is 1.94. The van der Waals surface area contributed by atoms with Crippen LogP contribution in [-0.4, -0.2) is 17.0 Å². The summed E-state index contributed by atoms with van der Waals surface area (Å²) in [6, 6.07) is 5.12. The van der Waals surface area contributed by atoms with E-state index < -0.39 is 11.9 Å². The summed E-state index contributed by atoms with van der Waals surface area (Å²) in [6.45, 7) is 11.0. The van der Waals surface area contributed by atoms with Gasteiger partial charge in [-0.05, 0) is 30.0 Å². The average molecular weight is 288 g/mol. The van der Waals surface area contributed by atoms with Crippen molar-refractivity contribution in [3.63, 3.8) is 0 Å². The number of hydrogen-bond donors (Lipinski definition) is 1. The third-order valence-corrected chi connectivity index (χ3v) is 3.11. The van der Waals surface area contributed by atoms with Gasteiger partial charge in [0.25, 0.3) is 0 Å². The summed E-state index contributed by atoms with van der Waals surface area (Å²) < 4.78 is 4.77. The van der Waals surface area contributed by atoms with Gasteiger partial charge in [-0.25, -0.2) is 9.59 Å². The van der Waals surface area contributed by atoms with Gasteiger partial charge < -0.3 is 9.84 Å². The molecule has 1 N–H and O–H groups in total. The molecule has 0 amide bonds. The molecule has 0 unspecified atom stereocenters. The molecule has 0 bridgehead atoms. The Morgan fingerprint density at radius 3 is 2.29 bits per heavy atom. The maximum atomic E-state index is 12.0. The molecule has 0 aromatic heterocycles. The first-order valence-corrected chi connectivity index (χ1v) is 6.58. The van der Waals surface area contributed by atoms with Crippen molar-refractivity contribution in [3.8, 4) is 0 Å². The largest absolute Gasteiger partial charge is 0.478 e. The molecule has 0 atom stereocenters. The molecular formula is C17H20O4. The molecule has 21 heavy (non-hydrogen) atoms. The highest BCUT2D eigenvalue weighted by Gasteiger charge is 2.22. The van der Waals surface area contributed by atoms with Gasteiger partial charge in [-0.1, -0.05) is 39.5 Å². The fraction of sp³-hybridized carbons (Fsp3) is 0.294. The van der Waals surface area contributed by atoms with Crippen molar-refractivity contribution in [2.45, 2.75) is 33.1 Å². The summed E-state index contributed by atoms with van der Waals surface area (Å²) in [7, 11) is 0. The van der Waals surface area contributed by atoms with E-state index in [9.17, 15) is 14.7 Å². The molecule has 0 fully saturated rings. The zero-order valence-electron chi connectivity index (χ0n) is 12.8. The van der Waals surface area contributed by atoms with Crippen molar-refractivity contribution in [1.29, 1.82) is 0 Å². The lowest BCUT2D eigenvalue weighted by molar-refractivity contribution is -0.130. The van der Waals surface area contributed by atoms with Gasteiger partial charge in [0, 0.05) is 5.56 Å². The Morgan fingerprint density at radius 1 is 1.24 bits per heavy atom. The summed E-state index contributed by atoms with van der Waals surface area (Å²) in [4.78, 5) is 23.3. The van der Waals surface area contributed by atoms with Gasteiger partial charge in [0.2, 0.25) is 0 Å². The number of carbonyl (C=O) groups is 2. The summed E-state index contributed by atoms with van der Waals surface area (Å²) in [5, 5.41) is 9.32. The zero-order valence-corrected chi connectivity index (χ0v) is 12.8. The number of rotatable bonds is 4. The van der Waals surface area contributed by atoms with Crippen molar-refractivity contribution in [1.82, 2.24) is 0 Å². The Hall–Kier alpha value is -2.36. The van der Waals surface area contributed by atoms with Crippen molar-refractivity contribution in [3.05, 3.63) is 53.8 Å². The van der Waals surface area contributed by atoms with Crippen LogP contribution in [0.15, 0.2) is 37.1 Å². The highest BCUT2D eigenvalue weighted by molar-refractivity contribution is 6.18. The topological polar surface area (TPSA) is 63.6 Å². The van der Waals surface area contributed by atoms with Crippen LogP contribution in [-0.2, 0) is 14.9 Å². The van der Waals surface area contributed by atoms with Crippen molar-refractivity contribution >= 4 is 17.5 Å². The van der Waals surface area contributed by atoms with E-state index >= 15 is 0 Å². The van der Waals surface area contributed by atoms with E-state index in [1.807, 2.05) is 20.8 Å².